The zero-order valence-corrected chi connectivity index (χ0v) is 9.56. The van der Waals surface area contributed by atoms with Crippen molar-refractivity contribution in [2.24, 2.45) is 0 Å². The van der Waals surface area contributed by atoms with Crippen LogP contribution in [0.4, 0.5) is 4.39 Å². The first-order valence-corrected chi connectivity index (χ1v) is 4.94. The van der Waals surface area contributed by atoms with Crippen LogP contribution >= 0.6 is 15.9 Å². The van der Waals surface area contributed by atoms with E-state index in [1.54, 1.807) is 0 Å². The molecule has 0 saturated heterocycles. The molecule has 0 bridgehead atoms. The van der Waals surface area contributed by atoms with Crippen molar-refractivity contribution in [1.29, 1.82) is 0 Å². The van der Waals surface area contributed by atoms with Crippen LogP contribution in [0, 0.1) is 5.82 Å². The van der Waals surface area contributed by atoms with Gasteiger partial charge in [-0.05, 0) is 54.1 Å². The first kappa shape index (κ1) is 11.1. The van der Waals surface area contributed by atoms with Crippen molar-refractivity contribution < 1.29 is 9.18 Å². The molecule has 1 nitrogen and oxygen atoms in total. The molecule has 0 radical (unpaired) electrons. The quantitative estimate of drug-likeness (QED) is 0.582. The molecule has 14 heavy (non-hydrogen) atoms. The fourth-order valence-corrected chi connectivity index (χ4v) is 1.58. The second kappa shape index (κ2) is 4.51. The van der Waals surface area contributed by atoms with Gasteiger partial charge in [0, 0.05) is 10.0 Å². The van der Waals surface area contributed by atoms with Crippen molar-refractivity contribution in [3.63, 3.8) is 0 Å². The van der Waals surface area contributed by atoms with Crippen molar-refractivity contribution >= 4 is 21.7 Å². The highest BCUT2D eigenvalue weighted by molar-refractivity contribution is 9.10. The minimum Gasteiger partial charge on any atom is -0.289 e. The van der Waals surface area contributed by atoms with E-state index in [0.717, 1.165) is 5.57 Å². The van der Waals surface area contributed by atoms with E-state index >= 15 is 0 Å². The summed E-state index contributed by atoms with van der Waals surface area (Å²) in [4.78, 5) is 11.6. The van der Waals surface area contributed by atoms with Crippen LogP contribution in [0.15, 0.2) is 34.3 Å². The summed E-state index contributed by atoms with van der Waals surface area (Å²) in [5.41, 5.74) is 1.40. The van der Waals surface area contributed by atoms with Gasteiger partial charge >= 0.3 is 0 Å². The predicted molar refractivity (Wildman–Crippen MR) is 57.9 cm³/mol. The van der Waals surface area contributed by atoms with E-state index in [2.05, 4.69) is 15.9 Å². The molecular formula is C11H10BrFO. The summed E-state index contributed by atoms with van der Waals surface area (Å²) in [7, 11) is 0. The predicted octanol–water partition coefficient (Wildman–Crippen LogP) is 3.74. The smallest absolute Gasteiger partial charge is 0.186 e. The zero-order chi connectivity index (χ0) is 10.7. The fourth-order valence-electron chi connectivity index (χ4n) is 1.03. The Labute approximate surface area is 90.8 Å². The average Bonchev–Trinajstić information content (AvgIpc) is 2.01. The van der Waals surface area contributed by atoms with E-state index in [-0.39, 0.29) is 11.6 Å². The summed E-state index contributed by atoms with van der Waals surface area (Å²) in [6.07, 6.45) is 1.53. The molecule has 0 saturated carbocycles. The maximum atomic E-state index is 12.7. The lowest BCUT2D eigenvalue weighted by atomic mass is 10.1. The molecule has 0 aliphatic carbocycles. The standard InChI is InChI=1S/C11H10BrFO/c1-7(2)5-11(14)9-4-3-8(13)6-10(9)12/h3-6H,1-2H3. The van der Waals surface area contributed by atoms with Crippen molar-refractivity contribution in [2.75, 3.05) is 0 Å². The summed E-state index contributed by atoms with van der Waals surface area (Å²) in [6, 6.07) is 4.03. The van der Waals surface area contributed by atoms with Crippen molar-refractivity contribution in [3.05, 3.63) is 45.7 Å². The summed E-state index contributed by atoms with van der Waals surface area (Å²) in [5.74, 6) is -0.470. The van der Waals surface area contributed by atoms with Gasteiger partial charge in [-0.2, -0.15) is 0 Å². The largest absolute Gasteiger partial charge is 0.289 e. The third kappa shape index (κ3) is 2.77. The molecule has 74 valence electrons. The molecule has 3 heteroatoms. The van der Waals surface area contributed by atoms with Crippen LogP contribution < -0.4 is 0 Å². The molecule has 1 rings (SSSR count). The van der Waals surface area contributed by atoms with Crippen molar-refractivity contribution in [2.45, 2.75) is 13.8 Å². The van der Waals surface area contributed by atoms with Crippen LogP contribution in [0.25, 0.3) is 0 Å². The van der Waals surface area contributed by atoms with E-state index in [1.807, 2.05) is 13.8 Å². The highest BCUT2D eigenvalue weighted by atomic mass is 79.9. The van der Waals surface area contributed by atoms with Crippen LogP contribution in [0.2, 0.25) is 0 Å². The molecule has 0 aliphatic rings. The van der Waals surface area contributed by atoms with Gasteiger partial charge in [0.05, 0.1) is 0 Å². The topological polar surface area (TPSA) is 17.1 Å². The first-order valence-electron chi connectivity index (χ1n) is 4.15. The van der Waals surface area contributed by atoms with Crippen molar-refractivity contribution in [3.8, 4) is 0 Å². The van der Waals surface area contributed by atoms with Crippen LogP contribution in [0.3, 0.4) is 0 Å². The van der Waals surface area contributed by atoms with Crippen molar-refractivity contribution in [1.82, 2.24) is 0 Å². The number of hydrogen-bond acceptors (Lipinski definition) is 1. The van der Waals surface area contributed by atoms with Gasteiger partial charge < -0.3 is 0 Å². The molecule has 0 heterocycles. The lowest BCUT2D eigenvalue weighted by Gasteiger charge is -2.00. The third-order valence-electron chi connectivity index (χ3n) is 1.62. The van der Waals surface area contributed by atoms with Gasteiger partial charge in [-0.1, -0.05) is 5.57 Å². The zero-order valence-electron chi connectivity index (χ0n) is 7.97. The van der Waals surface area contributed by atoms with E-state index < -0.39 is 0 Å². The van der Waals surface area contributed by atoms with Crippen LogP contribution in [-0.2, 0) is 0 Å². The Morgan fingerprint density at radius 3 is 2.57 bits per heavy atom. The first-order chi connectivity index (χ1) is 6.50. The normalized spacial score (nSPS) is 9.71. The molecule has 0 unspecified atom stereocenters. The Kier molecular flexibility index (Phi) is 3.58. The summed E-state index contributed by atoms with van der Waals surface area (Å²) in [6.45, 7) is 3.69. The fraction of sp³-hybridized carbons (Fsp3) is 0.182. The molecule has 1 aromatic rings. The number of rotatable bonds is 2. The van der Waals surface area contributed by atoms with E-state index in [4.69, 9.17) is 0 Å². The molecule has 0 N–H and O–H groups in total. The van der Waals surface area contributed by atoms with Gasteiger partial charge in [0.1, 0.15) is 5.82 Å². The lowest BCUT2D eigenvalue weighted by molar-refractivity contribution is 0.104. The second-order valence-corrected chi connectivity index (χ2v) is 4.06. The van der Waals surface area contributed by atoms with Crippen LogP contribution in [0.1, 0.15) is 24.2 Å². The van der Waals surface area contributed by atoms with Gasteiger partial charge in [-0.25, -0.2) is 4.39 Å². The van der Waals surface area contributed by atoms with E-state index in [1.165, 1.54) is 24.3 Å². The highest BCUT2D eigenvalue weighted by Crippen LogP contribution is 2.19. The SMILES string of the molecule is CC(C)=CC(=O)c1ccc(F)cc1Br. The Morgan fingerprint density at radius 2 is 2.07 bits per heavy atom. The third-order valence-corrected chi connectivity index (χ3v) is 2.27. The highest BCUT2D eigenvalue weighted by Gasteiger charge is 2.07. The second-order valence-electron chi connectivity index (χ2n) is 3.21. The Morgan fingerprint density at radius 1 is 1.43 bits per heavy atom. The number of benzene rings is 1. The van der Waals surface area contributed by atoms with E-state index in [9.17, 15) is 9.18 Å². The summed E-state index contributed by atoms with van der Waals surface area (Å²) in [5, 5.41) is 0. The average molecular weight is 257 g/mol. The summed E-state index contributed by atoms with van der Waals surface area (Å²) >= 11 is 3.15. The van der Waals surface area contributed by atoms with E-state index in [0.29, 0.717) is 10.0 Å². The molecule has 0 aromatic heterocycles. The van der Waals surface area contributed by atoms with Gasteiger partial charge in [-0.3, -0.25) is 4.79 Å². The monoisotopic (exact) mass is 256 g/mol. The minimum atomic E-state index is -0.356. The van der Waals surface area contributed by atoms with Gasteiger partial charge in [-0.15, -0.1) is 0 Å². The Hall–Kier alpha value is -0.960. The minimum absolute atomic E-state index is 0.114. The summed E-state index contributed by atoms with van der Waals surface area (Å²) < 4.78 is 13.2. The van der Waals surface area contributed by atoms with Gasteiger partial charge in [0.2, 0.25) is 0 Å². The molecule has 0 spiro atoms. The molecule has 0 amide bonds. The number of hydrogen-bond donors (Lipinski definition) is 0. The number of carbonyl (C=O) groups is 1. The Balaban J connectivity index is 3.08. The molecule has 0 atom stereocenters. The number of carbonyl (C=O) groups excluding carboxylic acids is 1. The molecule has 0 fully saturated rings. The van der Waals surface area contributed by atoms with Gasteiger partial charge in [0.25, 0.3) is 0 Å². The maximum Gasteiger partial charge on any atom is 0.186 e. The van der Waals surface area contributed by atoms with Crippen LogP contribution in [-0.4, -0.2) is 5.78 Å². The van der Waals surface area contributed by atoms with Crippen LogP contribution in [0.5, 0.6) is 0 Å². The number of ketones is 1. The number of allylic oxidation sites excluding steroid dienone is 2. The lowest BCUT2D eigenvalue weighted by Crippen LogP contribution is -1.97. The molecular weight excluding hydrogens is 247 g/mol. The number of halogens is 2. The molecule has 0 aliphatic heterocycles. The van der Waals surface area contributed by atoms with Gasteiger partial charge in [0.15, 0.2) is 5.78 Å². The molecule has 1 aromatic carbocycles. The Bertz CT molecular complexity index is 392. The maximum absolute atomic E-state index is 12.7.